The summed E-state index contributed by atoms with van der Waals surface area (Å²) >= 11 is 3.08. The zero-order chi connectivity index (χ0) is 7.56. The topological polar surface area (TPSA) is 30.0 Å². The molecule has 2 nitrogen and oxygen atoms in total. The molecule has 0 bridgehead atoms. The highest BCUT2D eigenvalue weighted by Crippen LogP contribution is 2.06. The molecule has 0 aliphatic heterocycles. The van der Waals surface area contributed by atoms with Gasteiger partial charge < -0.3 is 0 Å². The van der Waals surface area contributed by atoms with Crippen LogP contribution in [0.5, 0.6) is 0 Å². The first-order valence-corrected chi connectivity index (χ1v) is 3.40. The van der Waals surface area contributed by atoms with E-state index in [9.17, 15) is 4.79 Å². The van der Waals surface area contributed by atoms with E-state index in [1.807, 2.05) is 0 Å². The molecule has 1 rings (SSSR count). The molecule has 1 aromatic rings. The van der Waals surface area contributed by atoms with E-state index in [1.54, 1.807) is 6.07 Å². The summed E-state index contributed by atoms with van der Waals surface area (Å²) in [5, 5.41) is 0. The van der Waals surface area contributed by atoms with Crippen LogP contribution in [0.2, 0.25) is 0 Å². The maximum absolute atomic E-state index is 10.3. The van der Waals surface area contributed by atoms with Crippen molar-refractivity contribution < 1.29 is 4.79 Å². The molecule has 0 atom stereocenters. The molecule has 48 valence electrons. The van der Waals surface area contributed by atoms with Gasteiger partial charge in [-0.2, -0.15) is 0 Å². The highest BCUT2D eigenvalue weighted by atomic mass is 79.9. The molecule has 0 N–H and O–H groups in total. The van der Waals surface area contributed by atoms with Gasteiger partial charge in [-0.1, -0.05) is 11.5 Å². The Balaban J connectivity index is 3.30. The third kappa shape index (κ3) is 1.26. The molecule has 0 fully saturated rings. The van der Waals surface area contributed by atoms with Crippen molar-refractivity contribution in [3.63, 3.8) is 0 Å². The van der Waals surface area contributed by atoms with Gasteiger partial charge in [0.25, 0.3) is 0 Å². The molecular weight excluding hydrogens is 193 g/mol. The fourth-order valence-corrected chi connectivity index (χ4v) is 1.02. The Morgan fingerprint density at radius 1 is 1.70 bits per heavy atom. The minimum absolute atomic E-state index is 0.405. The van der Waals surface area contributed by atoms with E-state index < -0.39 is 0 Å². The van der Waals surface area contributed by atoms with Crippen molar-refractivity contribution in [2.45, 2.75) is 0 Å². The number of nitrogens with zero attached hydrogens (tertiary/aromatic N) is 1. The van der Waals surface area contributed by atoms with E-state index in [4.69, 9.17) is 7.85 Å². The Morgan fingerprint density at radius 2 is 2.40 bits per heavy atom. The standard InChI is InChI=1S/C6H3BBrNO/c7-5-1-2-9-6(8)4(5)3-10/h1-3H. The lowest BCUT2D eigenvalue weighted by atomic mass is 9.93. The van der Waals surface area contributed by atoms with Gasteiger partial charge in [0, 0.05) is 11.8 Å². The van der Waals surface area contributed by atoms with Gasteiger partial charge in [0.15, 0.2) is 6.29 Å². The van der Waals surface area contributed by atoms with Crippen LogP contribution in [0.3, 0.4) is 0 Å². The molecule has 10 heavy (non-hydrogen) atoms. The van der Waals surface area contributed by atoms with Gasteiger partial charge in [-0.15, -0.1) is 0 Å². The second kappa shape index (κ2) is 2.97. The summed E-state index contributed by atoms with van der Waals surface area (Å²) in [5.41, 5.74) is 0.847. The molecule has 1 aromatic heterocycles. The van der Waals surface area contributed by atoms with Crippen LogP contribution < -0.4 is 5.46 Å². The van der Waals surface area contributed by atoms with Crippen LogP contribution in [0.15, 0.2) is 16.9 Å². The molecule has 0 amide bonds. The Kier molecular flexibility index (Phi) is 2.22. The smallest absolute Gasteiger partial charge is 0.152 e. The number of pyridine rings is 1. The summed E-state index contributed by atoms with van der Waals surface area (Å²) in [7, 11) is 5.43. The number of carbonyl (C=O) groups is 1. The number of hydrogen-bond acceptors (Lipinski definition) is 2. The lowest BCUT2D eigenvalue weighted by Crippen LogP contribution is -2.10. The van der Waals surface area contributed by atoms with Crippen LogP contribution in [0.1, 0.15) is 10.4 Å². The van der Waals surface area contributed by atoms with Crippen LogP contribution in [0.25, 0.3) is 0 Å². The summed E-state index contributed by atoms with van der Waals surface area (Å²) in [5.74, 6) is 0. The van der Waals surface area contributed by atoms with Crippen LogP contribution >= 0.6 is 15.9 Å². The number of rotatable bonds is 1. The van der Waals surface area contributed by atoms with Crippen molar-refractivity contribution in [3.8, 4) is 0 Å². The Hall–Kier alpha value is -0.635. The number of aldehydes is 1. The molecule has 0 aliphatic carbocycles. The summed E-state index contributed by atoms with van der Waals surface area (Å²) < 4.78 is 0.488. The largest absolute Gasteiger partial charge is 0.298 e. The SMILES string of the molecule is [B]c1ccnc(Br)c1C=O. The molecule has 1 heterocycles. The summed E-state index contributed by atoms with van der Waals surface area (Å²) in [6, 6.07) is 1.58. The average molecular weight is 196 g/mol. The first-order valence-electron chi connectivity index (χ1n) is 2.61. The van der Waals surface area contributed by atoms with E-state index in [0.29, 0.717) is 21.9 Å². The van der Waals surface area contributed by atoms with Crippen LogP contribution in [-0.4, -0.2) is 19.1 Å². The fourth-order valence-electron chi connectivity index (χ4n) is 0.578. The molecule has 0 aliphatic rings. The van der Waals surface area contributed by atoms with Crippen molar-refractivity contribution in [1.29, 1.82) is 0 Å². The predicted molar refractivity (Wildman–Crippen MR) is 42.7 cm³/mol. The van der Waals surface area contributed by atoms with Crippen LogP contribution in [0, 0.1) is 0 Å². The highest BCUT2D eigenvalue weighted by Gasteiger charge is 2.00. The second-order valence-electron chi connectivity index (χ2n) is 1.72. The zero-order valence-corrected chi connectivity index (χ0v) is 6.63. The highest BCUT2D eigenvalue weighted by molar-refractivity contribution is 9.10. The van der Waals surface area contributed by atoms with Crippen LogP contribution in [0.4, 0.5) is 0 Å². The van der Waals surface area contributed by atoms with E-state index in [1.165, 1.54) is 6.20 Å². The minimum Gasteiger partial charge on any atom is -0.298 e. The molecule has 0 aromatic carbocycles. The van der Waals surface area contributed by atoms with Gasteiger partial charge in [0.2, 0.25) is 0 Å². The Labute approximate surface area is 68.2 Å². The van der Waals surface area contributed by atoms with Gasteiger partial charge in [0.05, 0.1) is 0 Å². The maximum Gasteiger partial charge on any atom is 0.152 e. The lowest BCUT2D eigenvalue weighted by molar-refractivity contribution is 0.112. The van der Waals surface area contributed by atoms with Crippen molar-refractivity contribution >= 4 is 35.5 Å². The monoisotopic (exact) mass is 195 g/mol. The van der Waals surface area contributed by atoms with Crippen molar-refractivity contribution in [2.75, 3.05) is 0 Å². The second-order valence-corrected chi connectivity index (χ2v) is 2.47. The van der Waals surface area contributed by atoms with Gasteiger partial charge in [-0.25, -0.2) is 4.98 Å². The van der Waals surface area contributed by atoms with Gasteiger partial charge in [0.1, 0.15) is 12.4 Å². The van der Waals surface area contributed by atoms with E-state index >= 15 is 0 Å². The van der Waals surface area contributed by atoms with Gasteiger partial charge in [-0.3, -0.25) is 4.79 Å². The van der Waals surface area contributed by atoms with Crippen LogP contribution in [-0.2, 0) is 0 Å². The normalized spacial score (nSPS) is 9.30. The fraction of sp³-hybridized carbons (Fsp3) is 0. The van der Waals surface area contributed by atoms with E-state index in [-0.39, 0.29) is 0 Å². The molecule has 0 unspecified atom stereocenters. The van der Waals surface area contributed by atoms with E-state index in [2.05, 4.69) is 20.9 Å². The minimum atomic E-state index is 0.405. The first-order chi connectivity index (χ1) is 4.75. The van der Waals surface area contributed by atoms with Crippen molar-refractivity contribution in [3.05, 3.63) is 22.4 Å². The van der Waals surface area contributed by atoms with Gasteiger partial charge in [-0.05, 0) is 15.9 Å². The zero-order valence-electron chi connectivity index (χ0n) is 5.04. The molecule has 0 spiro atoms. The first kappa shape index (κ1) is 7.47. The Bertz CT molecular complexity index is 244. The molecule has 0 saturated carbocycles. The van der Waals surface area contributed by atoms with Crippen molar-refractivity contribution in [2.24, 2.45) is 0 Å². The third-order valence-electron chi connectivity index (χ3n) is 1.09. The number of hydrogen-bond donors (Lipinski definition) is 0. The Morgan fingerprint density at radius 3 is 2.80 bits per heavy atom. The number of carbonyl (C=O) groups excluding carboxylic acids is 1. The molecule has 2 radical (unpaired) electrons. The third-order valence-corrected chi connectivity index (χ3v) is 1.73. The van der Waals surface area contributed by atoms with Gasteiger partial charge >= 0.3 is 0 Å². The lowest BCUT2D eigenvalue weighted by Gasteiger charge is -1.97. The number of aromatic nitrogens is 1. The quantitative estimate of drug-likeness (QED) is 0.370. The average Bonchev–Trinajstić information content (AvgIpc) is 1.88. The molecule has 4 heteroatoms. The summed E-state index contributed by atoms with van der Waals surface area (Å²) in [6.07, 6.45) is 2.21. The maximum atomic E-state index is 10.3. The predicted octanol–water partition coefficient (Wildman–Crippen LogP) is 0.450. The summed E-state index contributed by atoms with van der Waals surface area (Å²) in [4.78, 5) is 14.1. The van der Waals surface area contributed by atoms with Crippen molar-refractivity contribution in [1.82, 2.24) is 4.98 Å². The summed E-state index contributed by atoms with van der Waals surface area (Å²) in [6.45, 7) is 0. The molecular formula is C6H3BBrNO. The molecule has 0 saturated heterocycles. The van der Waals surface area contributed by atoms with E-state index in [0.717, 1.165) is 0 Å². The number of halogens is 1.